The van der Waals surface area contributed by atoms with Crippen molar-refractivity contribution in [1.82, 2.24) is 20.1 Å². The summed E-state index contributed by atoms with van der Waals surface area (Å²) in [6.45, 7) is 9.54. The molecule has 0 radical (unpaired) electrons. The number of hydrogen-bond acceptors (Lipinski definition) is 5. The number of nitrogens with one attached hydrogen (secondary N) is 3. The highest BCUT2D eigenvalue weighted by molar-refractivity contribution is 6.35. The fourth-order valence-corrected chi connectivity index (χ4v) is 5.50. The van der Waals surface area contributed by atoms with Crippen LogP contribution in [0.2, 0.25) is 0 Å². The molecule has 2 amide bonds. The van der Waals surface area contributed by atoms with Crippen LogP contribution in [0.15, 0.2) is 24.3 Å². The van der Waals surface area contributed by atoms with Crippen LogP contribution >= 0.6 is 0 Å². The third-order valence-electron chi connectivity index (χ3n) is 7.79. The van der Waals surface area contributed by atoms with Crippen molar-refractivity contribution >= 4 is 29.2 Å². The first-order chi connectivity index (χ1) is 18.4. The number of methoxy groups -OCH3 is 1. The molecular formula is C30H43N5O3. The molecule has 3 heterocycles. The molecule has 4 rings (SSSR count). The van der Waals surface area contributed by atoms with Crippen LogP contribution in [0.4, 0.5) is 5.69 Å². The van der Waals surface area contributed by atoms with Gasteiger partial charge in [0.2, 0.25) is 5.91 Å². The summed E-state index contributed by atoms with van der Waals surface area (Å²) in [5.41, 5.74) is 7.21. The largest absolute Gasteiger partial charge is 0.383 e. The monoisotopic (exact) mass is 521 g/mol. The van der Waals surface area contributed by atoms with E-state index in [4.69, 9.17) is 4.74 Å². The van der Waals surface area contributed by atoms with E-state index in [1.54, 1.807) is 14.0 Å². The Hall–Kier alpha value is -2.94. The highest BCUT2D eigenvalue weighted by Crippen LogP contribution is 2.41. The smallest absolute Gasteiger partial charge is 0.256 e. The molecule has 2 aromatic rings. The Morgan fingerprint density at radius 2 is 1.95 bits per heavy atom. The lowest BCUT2D eigenvalue weighted by atomic mass is 9.85. The van der Waals surface area contributed by atoms with Crippen LogP contribution in [0.5, 0.6) is 0 Å². The summed E-state index contributed by atoms with van der Waals surface area (Å²) in [7, 11) is 3.75. The first-order valence-electron chi connectivity index (χ1n) is 13.9. The maximum atomic E-state index is 13.0. The number of ether oxygens (including phenoxy) is 1. The van der Waals surface area contributed by atoms with E-state index in [9.17, 15) is 9.59 Å². The maximum absolute atomic E-state index is 13.0. The molecule has 0 atom stereocenters. The number of aryl methyl sites for hydroxylation is 2. The number of amides is 2. The van der Waals surface area contributed by atoms with Gasteiger partial charge >= 0.3 is 0 Å². The summed E-state index contributed by atoms with van der Waals surface area (Å²) in [5, 5.41) is 6.52. The van der Waals surface area contributed by atoms with Gasteiger partial charge in [-0.3, -0.25) is 9.59 Å². The van der Waals surface area contributed by atoms with Crippen molar-refractivity contribution in [2.75, 3.05) is 65.3 Å². The number of nitrogens with zero attached hydrogens (tertiary/aromatic N) is 2. The van der Waals surface area contributed by atoms with E-state index in [-0.39, 0.29) is 11.8 Å². The lowest BCUT2D eigenvalue weighted by Gasteiger charge is -2.25. The Balaban J connectivity index is 1.42. The quantitative estimate of drug-likeness (QED) is 0.371. The fraction of sp³-hybridized carbons (Fsp3) is 0.533. The Bertz CT molecular complexity index is 1150. The number of likely N-dealkylation sites (N-methyl/N-ethyl adjacent to an activating group) is 1. The second-order valence-electron chi connectivity index (χ2n) is 10.6. The van der Waals surface area contributed by atoms with E-state index in [0.717, 1.165) is 92.2 Å². The van der Waals surface area contributed by atoms with Gasteiger partial charge in [0.25, 0.3) is 5.91 Å². The Labute approximate surface area is 226 Å². The highest BCUT2D eigenvalue weighted by atomic mass is 16.5. The molecule has 0 aliphatic carbocycles. The molecule has 1 aromatic carbocycles. The molecule has 2 aliphatic heterocycles. The number of piperidine rings is 1. The van der Waals surface area contributed by atoms with Crippen LogP contribution in [0.1, 0.15) is 60.2 Å². The molecule has 0 spiro atoms. The fourth-order valence-electron chi connectivity index (χ4n) is 5.50. The SMILES string of the molecule is COCCN(C)CCN(CCCc1cc(C)c(/C=C2\C(=O)Nc3cccc(C4CCNCC4)c32)[nH]1)C(C)=O. The van der Waals surface area contributed by atoms with Crippen molar-refractivity contribution in [3.63, 3.8) is 0 Å². The average Bonchev–Trinajstić information content (AvgIpc) is 3.43. The third-order valence-corrected chi connectivity index (χ3v) is 7.79. The van der Waals surface area contributed by atoms with Gasteiger partial charge in [-0.15, -0.1) is 0 Å². The average molecular weight is 522 g/mol. The zero-order valence-corrected chi connectivity index (χ0v) is 23.4. The van der Waals surface area contributed by atoms with E-state index in [2.05, 4.69) is 45.6 Å². The lowest BCUT2D eigenvalue weighted by Crippen LogP contribution is -2.37. The summed E-state index contributed by atoms with van der Waals surface area (Å²) in [6.07, 6.45) is 5.91. The molecule has 2 aliphatic rings. The molecule has 0 saturated carbocycles. The second-order valence-corrected chi connectivity index (χ2v) is 10.6. The normalized spacial score (nSPS) is 16.8. The Morgan fingerprint density at radius 1 is 1.16 bits per heavy atom. The van der Waals surface area contributed by atoms with Crippen molar-refractivity contribution in [2.24, 2.45) is 0 Å². The summed E-state index contributed by atoms with van der Waals surface area (Å²) >= 11 is 0. The first kappa shape index (κ1) is 28.1. The van der Waals surface area contributed by atoms with Crippen molar-refractivity contribution < 1.29 is 14.3 Å². The van der Waals surface area contributed by atoms with Crippen LogP contribution in [0.3, 0.4) is 0 Å². The molecule has 1 fully saturated rings. The number of H-pyrrole nitrogens is 1. The van der Waals surface area contributed by atoms with Gasteiger partial charge in [0.15, 0.2) is 0 Å². The standard InChI is InChI=1S/C30H43N5O3/c1-21-19-24(7-6-14-35(22(2)36)16-15-34(3)17-18-38-4)32-28(21)20-26-29-25(23-10-12-31-13-11-23)8-5-9-27(29)33-30(26)37/h5,8-9,19-20,23,31-32H,6-7,10-18H2,1-4H3,(H,33,37)/b26-20-. The number of fused-ring (bicyclic) bond motifs is 1. The highest BCUT2D eigenvalue weighted by Gasteiger charge is 2.30. The van der Waals surface area contributed by atoms with E-state index >= 15 is 0 Å². The number of aromatic amines is 1. The van der Waals surface area contributed by atoms with Crippen molar-refractivity contribution in [3.8, 4) is 0 Å². The van der Waals surface area contributed by atoms with Gasteiger partial charge < -0.3 is 30.2 Å². The Morgan fingerprint density at radius 3 is 2.68 bits per heavy atom. The molecule has 0 bridgehead atoms. The predicted molar refractivity (Wildman–Crippen MR) is 153 cm³/mol. The molecule has 0 unspecified atom stereocenters. The number of benzene rings is 1. The zero-order valence-electron chi connectivity index (χ0n) is 23.4. The number of hydrogen-bond donors (Lipinski definition) is 3. The molecule has 38 heavy (non-hydrogen) atoms. The van der Waals surface area contributed by atoms with E-state index < -0.39 is 0 Å². The van der Waals surface area contributed by atoms with Gasteiger partial charge in [-0.1, -0.05) is 12.1 Å². The first-order valence-corrected chi connectivity index (χ1v) is 13.9. The molecule has 8 heteroatoms. The van der Waals surface area contributed by atoms with Crippen molar-refractivity contribution in [2.45, 2.75) is 45.4 Å². The van der Waals surface area contributed by atoms with E-state index in [1.807, 2.05) is 24.1 Å². The zero-order chi connectivity index (χ0) is 27.1. The van der Waals surface area contributed by atoms with Crippen LogP contribution in [-0.4, -0.2) is 86.6 Å². The number of carbonyl (C=O) groups is 2. The van der Waals surface area contributed by atoms with E-state index in [0.29, 0.717) is 19.1 Å². The number of rotatable bonds is 12. The summed E-state index contributed by atoms with van der Waals surface area (Å²) in [5.74, 6) is 0.532. The maximum Gasteiger partial charge on any atom is 0.256 e. The van der Waals surface area contributed by atoms with E-state index in [1.165, 1.54) is 5.56 Å². The molecule has 206 valence electrons. The number of aromatic nitrogens is 1. The van der Waals surface area contributed by atoms with Crippen molar-refractivity contribution in [1.29, 1.82) is 0 Å². The lowest BCUT2D eigenvalue weighted by molar-refractivity contribution is -0.129. The summed E-state index contributed by atoms with van der Waals surface area (Å²) in [6, 6.07) is 8.41. The minimum atomic E-state index is -0.0375. The summed E-state index contributed by atoms with van der Waals surface area (Å²) in [4.78, 5) is 32.8. The topological polar surface area (TPSA) is 89.7 Å². The molecule has 1 aromatic heterocycles. The third kappa shape index (κ3) is 6.92. The number of anilines is 1. The minimum Gasteiger partial charge on any atom is -0.383 e. The molecule has 3 N–H and O–H groups in total. The van der Waals surface area contributed by atoms with Crippen LogP contribution < -0.4 is 10.6 Å². The van der Waals surface area contributed by atoms with Gasteiger partial charge in [-0.2, -0.15) is 0 Å². The molecular weight excluding hydrogens is 478 g/mol. The van der Waals surface area contributed by atoms with Crippen LogP contribution in [-0.2, 0) is 20.7 Å². The second kappa shape index (κ2) is 13.2. The van der Waals surface area contributed by atoms with Gasteiger partial charge in [0, 0.05) is 62.9 Å². The van der Waals surface area contributed by atoms with Gasteiger partial charge in [0.1, 0.15) is 0 Å². The molecule has 8 nitrogen and oxygen atoms in total. The predicted octanol–water partition coefficient (Wildman–Crippen LogP) is 3.64. The van der Waals surface area contributed by atoms with Gasteiger partial charge in [-0.05, 0) is 88.0 Å². The van der Waals surface area contributed by atoms with Crippen LogP contribution in [0, 0.1) is 6.92 Å². The van der Waals surface area contributed by atoms with Gasteiger partial charge in [0.05, 0.1) is 12.2 Å². The van der Waals surface area contributed by atoms with Crippen molar-refractivity contribution in [3.05, 3.63) is 52.3 Å². The molecule has 1 saturated heterocycles. The Kier molecular flexibility index (Phi) is 9.77. The number of carbonyl (C=O) groups excluding carboxylic acids is 2. The van der Waals surface area contributed by atoms with Crippen LogP contribution in [0.25, 0.3) is 11.6 Å². The summed E-state index contributed by atoms with van der Waals surface area (Å²) < 4.78 is 5.14. The minimum absolute atomic E-state index is 0.0375. The van der Waals surface area contributed by atoms with Gasteiger partial charge in [-0.25, -0.2) is 0 Å².